The fourth-order valence-corrected chi connectivity index (χ4v) is 3.57. The van der Waals surface area contributed by atoms with Crippen LogP contribution in [0.15, 0.2) is 63.5 Å². The van der Waals surface area contributed by atoms with Gasteiger partial charge in [0.1, 0.15) is 6.04 Å². The number of aromatic nitrogens is 2. The zero-order valence-corrected chi connectivity index (χ0v) is 17.4. The third-order valence-corrected chi connectivity index (χ3v) is 5.59. The molecule has 0 radical (unpaired) electrons. The molecule has 1 atom stereocenters. The zero-order chi connectivity index (χ0) is 21.7. The van der Waals surface area contributed by atoms with Crippen molar-refractivity contribution in [2.75, 3.05) is 0 Å². The first-order chi connectivity index (χ1) is 14.4. The average molecular weight is 426 g/mol. The number of nitrogens with zero attached hydrogens (tertiary/aromatic N) is 2. The van der Waals surface area contributed by atoms with Crippen molar-refractivity contribution in [2.45, 2.75) is 19.0 Å². The Hall–Kier alpha value is -3.46. The van der Waals surface area contributed by atoms with E-state index >= 15 is 0 Å². The predicted octanol–water partition coefficient (Wildman–Crippen LogP) is 0.803. The number of carbonyl (C=O) groups is 2. The first-order valence-corrected chi connectivity index (χ1v) is 10.2. The molecular formula is C21H22N4O4S. The van der Waals surface area contributed by atoms with Gasteiger partial charge in [0, 0.05) is 32.3 Å². The number of amides is 2. The molecule has 0 aliphatic carbocycles. The second-order valence-electron chi connectivity index (χ2n) is 6.79. The van der Waals surface area contributed by atoms with Crippen LogP contribution in [-0.2, 0) is 31.9 Å². The third kappa shape index (κ3) is 4.93. The molecule has 156 valence electrons. The van der Waals surface area contributed by atoms with Crippen molar-refractivity contribution in [1.29, 1.82) is 0 Å². The van der Waals surface area contributed by atoms with Crippen molar-refractivity contribution >= 4 is 23.2 Å². The SMILES string of the molecule is Cn1c(CNC(=O)[C@H](Cc2ccccc2)NC(=O)c2cccs2)cc(=O)n(C)c1=O. The highest BCUT2D eigenvalue weighted by Crippen LogP contribution is 2.10. The minimum atomic E-state index is -0.814. The van der Waals surface area contributed by atoms with Gasteiger partial charge < -0.3 is 10.6 Å². The molecule has 2 N–H and O–H groups in total. The maximum absolute atomic E-state index is 12.9. The largest absolute Gasteiger partial charge is 0.349 e. The van der Waals surface area contributed by atoms with E-state index in [2.05, 4.69) is 10.6 Å². The highest BCUT2D eigenvalue weighted by molar-refractivity contribution is 7.12. The van der Waals surface area contributed by atoms with E-state index in [-0.39, 0.29) is 12.5 Å². The van der Waals surface area contributed by atoms with Crippen LogP contribution < -0.4 is 21.9 Å². The molecule has 0 unspecified atom stereocenters. The van der Waals surface area contributed by atoms with Crippen LogP contribution in [0.5, 0.6) is 0 Å². The second kappa shape index (κ2) is 9.36. The summed E-state index contributed by atoms with van der Waals surface area (Å²) in [7, 11) is 2.92. The molecule has 0 spiro atoms. The Labute approximate surface area is 176 Å². The molecule has 3 aromatic rings. The lowest BCUT2D eigenvalue weighted by Crippen LogP contribution is -2.48. The molecule has 30 heavy (non-hydrogen) atoms. The monoisotopic (exact) mass is 426 g/mol. The maximum atomic E-state index is 12.9. The third-order valence-electron chi connectivity index (χ3n) is 4.72. The molecule has 2 amide bonds. The number of hydrogen-bond acceptors (Lipinski definition) is 5. The van der Waals surface area contributed by atoms with Crippen molar-refractivity contribution < 1.29 is 9.59 Å². The summed E-state index contributed by atoms with van der Waals surface area (Å²) in [6, 6.07) is 13.3. The van der Waals surface area contributed by atoms with Gasteiger partial charge in [-0.2, -0.15) is 0 Å². The van der Waals surface area contributed by atoms with Gasteiger partial charge in [0.25, 0.3) is 11.5 Å². The van der Waals surface area contributed by atoms with Gasteiger partial charge in [-0.15, -0.1) is 11.3 Å². The number of nitrogens with one attached hydrogen (secondary N) is 2. The van der Waals surface area contributed by atoms with Crippen LogP contribution >= 0.6 is 11.3 Å². The summed E-state index contributed by atoms with van der Waals surface area (Å²) in [4.78, 5) is 49.8. The van der Waals surface area contributed by atoms with Crippen LogP contribution in [0.25, 0.3) is 0 Å². The van der Waals surface area contributed by atoms with Gasteiger partial charge in [0.15, 0.2) is 0 Å². The van der Waals surface area contributed by atoms with E-state index in [4.69, 9.17) is 0 Å². The van der Waals surface area contributed by atoms with Gasteiger partial charge in [0.05, 0.1) is 11.4 Å². The summed E-state index contributed by atoms with van der Waals surface area (Å²) >= 11 is 1.29. The summed E-state index contributed by atoms with van der Waals surface area (Å²) in [5.74, 6) is -0.737. The van der Waals surface area contributed by atoms with E-state index in [9.17, 15) is 19.2 Å². The van der Waals surface area contributed by atoms with E-state index in [0.29, 0.717) is 17.0 Å². The molecule has 0 aliphatic rings. The van der Waals surface area contributed by atoms with Gasteiger partial charge in [-0.3, -0.25) is 23.5 Å². The molecule has 0 saturated carbocycles. The van der Waals surface area contributed by atoms with E-state index in [0.717, 1.165) is 10.1 Å². The summed E-state index contributed by atoms with van der Waals surface area (Å²) < 4.78 is 2.29. The Morgan fingerprint density at radius 2 is 1.77 bits per heavy atom. The minimum Gasteiger partial charge on any atom is -0.349 e. The molecule has 0 aliphatic heterocycles. The fourth-order valence-electron chi connectivity index (χ4n) is 2.94. The topological polar surface area (TPSA) is 102 Å². The van der Waals surface area contributed by atoms with E-state index < -0.39 is 23.2 Å². The average Bonchev–Trinajstić information content (AvgIpc) is 3.29. The molecular weight excluding hydrogens is 404 g/mol. The number of rotatable bonds is 7. The normalized spacial score (nSPS) is 11.7. The van der Waals surface area contributed by atoms with Crippen LogP contribution in [0, 0.1) is 0 Å². The van der Waals surface area contributed by atoms with Gasteiger partial charge in [-0.05, 0) is 17.0 Å². The van der Waals surface area contributed by atoms with Crippen molar-refractivity contribution in [3.63, 3.8) is 0 Å². The second-order valence-corrected chi connectivity index (χ2v) is 7.73. The Balaban J connectivity index is 1.77. The fraction of sp³-hybridized carbons (Fsp3) is 0.238. The smallest absolute Gasteiger partial charge is 0.330 e. The van der Waals surface area contributed by atoms with Crippen LogP contribution in [0.3, 0.4) is 0 Å². The zero-order valence-electron chi connectivity index (χ0n) is 16.6. The summed E-state index contributed by atoms with van der Waals surface area (Å²) in [5, 5.41) is 7.29. The van der Waals surface area contributed by atoms with Crippen molar-refractivity contribution in [3.05, 3.63) is 90.9 Å². The molecule has 1 aromatic carbocycles. The molecule has 9 heteroatoms. The number of carbonyl (C=O) groups excluding carboxylic acids is 2. The van der Waals surface area contributed by atoms with E-state index in [1.165, 1.54) is 36.1 Å². The van der Waals surface area contributed by atoms with Crippen LogP contribution in [-0.4, -0.2) is 27.0 Å². The van der Waals surface area contributed by atoms with E-state index in [1.807, 2.05) is 30.3 Å². The van der Waals surface area contributed by atoms with Gasteiger partial charge in [0.2, 0.25) is 5.91 Å². The lowest BCUT2D eigenvalue weighted by Gasteiger charge is -2.19. The Morgan fingerprint density at radius 1 is 1.03 bits per heavy atom. The van der Waals surface area contributed by atoms with Gasteiger partial charge >= 0.3 is 5.69 Å². The van der Waals surface area contributed by atoms with Crippen LogP contribution in [0.2, 0.25) is 0 Å². The van der Waals surface area contributed by atoms with Gasteiger partial charge in [-0.1, -0.05) is 36.4 Å². The first kappa shape index (κ1) is 21.3. The molecule has 0 fully saturated rings. The van der Waals surface area contributed by atoms with Crippen LogP contribution in [0.4, 0.5) is 0 Å². The lowest BCUT2D eigenvalue weighted by molar-refractivity contribution is -0.123. The summed E-state index contributed by atoms with van der Waals surface area (Å²) in [6.45, 7) is -0.0131. The quantitative estimate of drug-likeness (QED) is 0.583. The molecule has 2 aromatic heterocycles. The Kier molecular flexibility index (Phi) is 6.63. The molecule has 8 nitrogen and oxygen atoms in total. The standard InChI is InChI=1S/C21H22N4O4S/c1-24-15(12-18(26)25(2)21(24)29)13-22-19(27)16(11-14-7-4-3-5-8-14)23-20(28)17-9-6-10-30-17/h3-10,12,16H,11,13H2,1-2H3,(H,22,27)(H,23,28)/t16-/m0/s1. The van der Waals surface area contributed by atoms with Crippen molar-refractivity contribution in [1.82, 2.24) is 19.8 Å². The molecule has 0 saturated heterocycles. The highest BCUT2D eigenvalue weighted by Gasteiger charge is 2.22. The summed E-state index contributed by atoms with van der Waals surface area (Å²) in [6.07, 6.45) is 0.305. The highest BCUT2D eigenvalue weighted by atomic mass is 32.1. The van der Waals surface area contributed by atoms with Crippen LogP contribution in [0.1, 0.15) is 20.9 Å². The van der Waals surface area contributed by atoms with Crippen molar-refractivity contribution in [3.8, 4) is 0 Å². The van der Waals surface area contributed by atoms with E-state index in [1.54, 1.807) is 17.5 Å². The minimum absolute atomic E-state index is 0.0131. The number of thiophene rings is 1. The number of benzene rings is 1. The van der Waals surface area contributed by atoms with Gasteiger partial charge in [-0.25, -0.2) is 4.79 Å². The summed E-state index contributed by atoms with van der Waals surface area (Å²) in [5.41, 5.74) is 0.345. The Morgan fingerprint density at radius 3 is 2.43 bits per heavy atom. The number of hydrogen-bond donors (Lipinski definition) is 2. The first-order valence-electron chi connectivity index (χ1n) is 9.28. The Bertz CT molecular complexity index is 1150. The predicted molar refractivity (Wildman–Crippen MR) is 114 cm³/mol. The molecule has 0 bridgehead atoms. The maximum Gasteiger partial charge on any atom is 0.330 e. The van der Waals surface area contributed by atoms with Crippen molar-refractivity contribution in [2.24, 2.45) is 14.1 Å². The molecule has 3 rings (SSSR count). The molecule has 2 heterocycles. The lowest BCUT2D eigenvalue weighted by atomic mass is 10.0.